The summed E-state index contributed by atoms with van der Waals surface area (Å²) in [5, 5.41) is 9.96. The van der Waals surface area contributed by atoms with Gasteiger partial charge in [-0.15, -0.1) is 0 Å². The van der Waals surface area contributed by atoms with Crippen LogP contribution in [0.3, 0.4) is 0 Å². The lowest BCUT2D eigenvalue weighted by molar-refractivity contribution is 0.213. The van der Waals surface area contributed by atoms with Crippen LogP contribution in [0.4, 0.5) is 0 Å². The number of sulfonamides is 1. The van der Waals surface area contributed by atoms with Gasteiger partial charge >= 0.3 is 0 Å². The molecule has 0 aromatic heterocycles. The van der Waals surface area contributed by atoms with Crippen molar-refractivity contribution in [2.45, 2.75) is 18.6 Å². The fourth-order valence-corrected chi connectivity index (χ4v) is 3.60. The summed E-state index contributed by atoms with van der Waals surface area (Å²) in [7, 11) is -3.45. The number of hydrogen-bond donors (Lipinski definition) is 2. The van der Waals surface area contributed by atoms with Crippen molar-refractivity contribution in [3.05, 3.63) is 33.8 Å². The highest BCUT2D eigenvalue weighted by molar-refractivity contribution is 7.88. The van der Waals surface area contributed by atoms with Crippen molar-refractivity contribution in [3.8, 4) is 0 Å². The van der Waals surface area contributed by atoms with E-state index < -0.39 is 10.0 Å². The first kappa shape index (κ1) is 15.1. The van der Waals surface area contributed by atoms with Crippen LogP contribution < -0.4 is 4.72 Å². The third kappa shape index (κ3) is 4.33. The molecule has 0 radical (unpaired) electrons. The predicted molar refractivity (Wildman–Crippen MR) is 75.8 cm³/mol. The second-order valence-electron chi connectivity index (χ2n) is 5.02. The van der Waals surface area contributed by atoms with E-state index >= 15 is 0 Å². The largest absolute Gasteiger partial charge is 0.396 e. The van der Waals surface area contributed by atoms with Crippen molar-refractivity contribution >= 4 is 33.2 Å². The molecule has 1 aromatic rings. The zero-order valence-corrected chi connectivity index (χ0v) is 12.5. The molecule has 1 aromatic carbocycles. The molecule has 19 heavy (non-hydrogen) atoms. The Kier molecular flexibility index (Phi) is 4.42. The number of benzene rings is 1. The Balaban J connectivity index is 2.00. The van der Waals surface area contributed by atoms with Crippen LogP contribution in [-0.2, 0) is 15.8 Å². The van der Waals surface area contributed by atoms with E-state index in [-0.39, 0.29) is 24.3 Å². The van der Waals surface area contributed by atoms with Crippen LogP contribution in [0.2, 0.25) is 10.0 Å². The number of aliphatic hydroxyl groups is 1. The van der Waals surface area contributed by atoms with Crippen LogP contribution in [0, 0.1) is 5.41 Å². The Hall–Kier alpha value is -0.330. The lowest BCUT2D eigenvalue weighted by Crippen LogP contribution is -2.32. The van der Waals surface area contributed by atoms with E-state index in [9.17, 15) is 8.42 Å². The van der Waals surface area contributed by atoms with Crippen LogP contribution in [0.15, 0.2) is 18.2 Å². The predicted octanol–water partition coefficient (Wildman–Crippen LogP) is 2.19. The third-order valence-electron chi connectivity index (χ3n) is 3.24. The molecule has 0 unspecified atom stereocenters. The smallest absolute Gasteiger partial charge is 0.215 e. The first-order valence-electron chi connectivity index (χ1n) is 5.87. The standard InChI is InChI=1S/C12H15Cl2NO3S/c13-10-3-9(4-11(14)5-10)6-19(17,18)15-7-12(8-16)1-2-12/h3-5,15-16H,1-2,6-8H2. The Morgan fingerprint density at radius 2 is 1.79 bits per heavy atom. The van der Waals surface area contributed by atoms with Gasteiger partial charge in [-0.25, -0.2) is 13.1 Å². The number of halogens is 2. The third-order valence-corrected chi connectivity index (χ3v) is 4.97. The molecule has 0 aliphatic heterocycles. The molecule has 2 rings (SSSR count). The molecule has 0 atom stereocenters. The molecular formula is C12H15Cl2NO3S. The molecule has 4 nitrogen and oxygen atoms in total. The second-order valence-corrected chi connectivity index (χ2v) is 7.70. The van der Waals surface area contributed by atoms with Crippen molar-refractivity contribution in [2.75, 3.05) is 13.2 Å². The zero-order chi connectivity index (χ0) is 14.1. The summed E-state index contributed by atoms with van der Waals surface area (Å²) < 4.78 is 26.4. The summed E-state index contributed by atoms with van der Waals surface area (Å²) in [4.78, 5) is 0. The first-order valence-corrected chi connectivity index (χ1v) is 8.28. The topological polar surface area (TPSA) is 66.4 Å². The molecular weight excluding hydrogens is 309 g/mol. The minimum absolute atomic E-state index is 0.0124. The highest BCUT2D eigenvalue weighted by Gasteiger charge is 2.42. The Bertz CT molecular complexity index is 550. The van der Waals surface area contributed by atoms with E-state index in [1.165, 1.54) is 0 Å². The fourth-order valence-electron chi connectivity index (χ4n) is 1.80. The van der Waals surface area contributed by atoms with Gasteiger partial charge in [0.2, 0.25) is 10.0 Å². The molecule has 0 amide bonds. The second kappa shape index (κ2) is 5.58. The fraction of sp³-hybridized carbons (Fsp3) is 0.500. The van der Waals surface area contributed by atoms with Gasteiger partial charge < -0.3 is 5.11 Å². The molecule has 0 bridgehead atoms. The van der Waals surface area contributed by atoms with Crippen molar-refractivity contribution in [1.29, 1.82) is 0 Å². The van der Waals surface area contributed by atoms with Crippen LogP contribution >= 0.6 is 23.2 Å². The zero-order valence-electron chi connectivity index (χ0n) is 10.2. The molecule has 0 spiro atoms. The van der Waals surface area contributed by atoms with Gasteiger partial charge in [0.1, 0.15) is 0 Å². The number of rotatable bonds is 6. The molecule has 1 fully saturated rings. The average molecular weight is 324 g/mol. The van der Waals surface area contributed by atoms with E-state index in [2.05, 4.69) is 4.72 Å². The van der Waals surface area contributed by atoms with Crippen molar-refractivity contribution in [2.24, 2.45) is 5.41 Å². The maximum Gasteiger partial charge on any atom is 0.215 e. The Labute approximate surface area is 122 Å². The highest BCUT2D eigenvalue weighted by Crippen LogP contribution is 2.44. The van der Waals surface area contributed by atoms with Crippen LogP contribution in [0.1, 0.15) is 18.4 Å². The van der Waals surface area contributed by atoms with Gasteiger partial charge in [-0.2, -0.15) is 0 Å². The van der Waals surface area contributed by atoms with Gasteiger partial charge in [-0.1, -0.05) is 23.2 Å². The van der Waals surface area contributed by atoms with Crippen molar-refractivity contribution in [1.82, 2.24) is 4.72 Å². The first-order chi connectivity index (χ1) is 8.84. The monoisotopic (exact) mass is 323 g/mol. The maximum atomic E-state index is 11.9. The summed E-state index contributed by atoms with van der Waals surface area (Å²) in [6, 6.07) is 4.70. The summed E-state index contributed by atoms with van der Waals surface area (Å²) in [5.74, 6) is -0.172. The molecule has 106 valence electrons. The molecule has 1 aliphatic rings. The maximum absolute atomic E-state index is 11.9. The van der Waals surface area contributed by atoms with Crippen molar-refractivity contribution in [3.63, 3.8) is 0 Å². The van der Waals surface area contributed by atoms with Gasteiger partial charge in [0, 0.05) is 28.6 Å². The van der Waals surface area contributed by atoms with Crippen LogP contribution in [0.25, 0.3) is 0 Å². The summed E-state index contributed by atoms with van der Waals surface area (Å²) in [6.07, 6.45) is 1.71. The van der Waals surface area contributed by atoms with Gasteiger partial charge in [0.05, 0.1) is 5.75 Å². The van der Waals surface area contributed by atoms with Gasteiger partial charge in [-0.05, 0) is 36.6 Å². The van der Waals surface area contributed by atoms with Gasteiger partial charge in [-0.3, -0.25) is 0 Å². The summed E-state index contributed by atoms with van der Waals surface area (Å²) >= 11 is 11.7. The van der Waals surface area contributed by atoms with Gasteiger partial charge in [0.15, 0.2) is 0 Å². The molecule has 0 heterocycles. The highest BCUT2D eigenvalue weighted by atomic mass is 35.5. The number of hydrogen-bond acceptors (Lipinski definition) is 3. The number of aliphatic hydroxyl groups excluding tert-OH is 1. The lowest BCUT2D eigenvalue weighted by Gasteiger charge is -2.13. The molecule has 1 saturated carbocycles. The van der Waals surface area contributed by atoms with E-state index in [0.29, 0.717) is 15.6 Å². The Morgan fingerprint density at radius 1 is 1.21 bits per heavy atom. The lowest BCUT2D eigenvalue weighted by atomic mass is 10.1. The molecule has 1 aliphatic carbocycles. The summed E-state index contributed by atoms with van der Waals surface area (Å²) in [6.45, 7) is 0.290. The summed E-state index contributed by atoms with van der Waals surface area (Å²) in [5.41, 5.74) is 0.290. The molecule has 0 saturated heterocycles. The minimum atomic E-state index is -3.45. The average Bonchev–Trinajstić information content (AvgIpc) is 3.05. The minimum Gasteiger partial charge on any atom is -0.396 e. The van der Waals surface area contributed by atoms with E-state index in [1.807, 2.05) is 0 Å². The quantitative estimate of drug-likeness (QED) is 0.843. The molecule has 2 N–H and O–H groups in total. The van der Waals surface area contributed by atoms with E-state index in [4.69, 9.17) is 28.3 Å². The number of nitrogens with one attached hydrogen (secondary N) is 1. The van der Waals surface area contributed by atoms with Crippen LogP contribution in [-0.4, -0.2) is 26.7 Å². The molecule has 7 heteroatoms. The van der Waals surface area contributed by atoms with E-state index in [0.717, 1.165) is 12.8 Å². The van der Waals surface area contributed by atoms with E-state index in [1.54, 1.807) is 18.2 Å². The van der Waals surface area contributed by atoms with Crippen molar-refractivity contribution < 1.29 is 13.5 Å². The SMILES string of the molecule is O=S(=O)(Cc1cc(Cl)cc(Cl)c1)NCC1(CO)CC1. The van der Waals surface area contributed by atoms with Gasteiger partial charge in [0.25, 0.3) is 0 Å². The Morgan fingerprint density at radius 3 is 2.26 bits per heavy atom. The van der Waals surface area contributed by atoms with Crippen LogP contribution in [0.5, 0.6) is 0 Å². The normalized spacial score (nSPS) is 17.4.